The van der Waals surface area contributed by atoms with Crippen LogP contribution in [0.1, 0.15) is 32.9 Å². The van der Waals surface area contributed by atoms with Crippen LogP contribution in [-0.2, 0) is 19.6 Å². The summed E-state index contributed by atoms with van der Waals surface area (Å²) < 4.78 is 26.7. The number of carbonyl (C=O) groups is 2. The molecular weight excluding hydrogens is 330 g/mol. The Morgan fingerprint density at radius 2 is 1.95 bits per heavy atom. The number of anilines is 1. The normalized spacial score (nSPS) is 13.1. The van der Waals surface area contributed by atoms with E-state index in [4.69, 9.17) is 5.11 Å². The summed E-state index contributed by atoms with van der Waals surface area (Å²) in [5.74, 6) is -1.59. The fourth-order valence-electron chi connectivity index (χ4n) is 1.75. The minimum Gasteiger partial charge on any atom is -0.480 e. The van der Waals surface area contributed by atoms with Gasteiger partial charge in [0.2, 0.25) is 5.91 Å². The van der Waals surface area contributed by atoms with Crippen molar-refractivity contribution in [3.8, 4) is 0 Å². The monoisotopic (exact) mass is 349 g/mol. The molecule has 0 aliphatic carbocycles. The molecule has 0 aromatic carbocycles. The SMILES string of the molecule is CC(=O)Nc1nc(C)c(S(=O)(=O)NC(CC(C)C)C(=O)O)s1. The second-order valence-corrected chi connectivity index (χ2v) is 8.12. The van der Waals surface area contributed by atoms with Gasteiger partial charge >= 0.3 is 5.97 Å². The fourth-order valence-corrected chi connectivity index (χ4v) is 4.43. The number of carboxylic acids is 1. The maximum absolute atomic E-state index is 12.3. The summed E-state index contributed by atoms with van der Waals surface area (Å²) in [6.45, 7) is 6.37. The number of aliphatic carboxylic acids is 1. The van der Waals surface area contributed by atoms with Crippen molar-refractivity contribution in [1.82, 2.24) is 9.71 Å². The number of thiazole rings is 1. The lowest BCUT2D eigenvalue weighted by Gasteiger charge is -2.16. The van der Waals surface area contributed by atoms with Gasteiger partial charge in [0.25, 0.3) is 10.0 Å². The Labute approximate surface area is 133 Å². The smallest absolute Gasteiger partial charge is 0.321 e. The molecule has 22 heavy (non-hydrogen) atoms. The van der Waals surface area contributed by atoms with Crippen LogP contribution in [0.5, 0.6) is 0 Å². The molecule has 1 unspecified atom stereocenters. The van der Waals surface area contributed by atoms with Crippen molar-refractivity contribution in [2.24, 2.45) is 5.92 Å². The van der Waals surface area contributed by atoms with Crippen molar-refractivity contribution < 1.29 is 23.1 Å². The lowest BCUT2D eigenvalue weighted by Crippen LogP contribution is -2.41. The van der Waals surface area contributed by atoms with Gasteiger partial charge in [-0.1, -0.05) is 25.2 Å². The van der Waals surface area contributed by atoms with E-state index in [2.05, 4.69) is 15.0 Å². The number of carbonyl (C=O) groups excluding carboxylic acids is 1. The number of amides is 1. The number of nitrogens with one attached hydrogen (secondary N) is 2. The van der Waals surface area contributed by atoms with Gasteiger partial charge in [-0.05, 0) is 19.3 Å². The molecule has 0 fully saturated rings. The third-order valence-electron chi connectivity index (χ3n) is 2.58. The summed E-state index contributed by atoms with van der Waals surface area (Å²) in [6.07, 6.45) is 0.172. The van der Waals surface area contributed by atoms with E-state index < -0.39 is 22.0 Å². The summed E-state index contributed by atoms with van der Waals surface area (Å²) in [4.78, 5) is 26.1. The maximum atomic E-state index is 12.3. The number of nitrogens with zero attached hydrogens (tertiary/aromatic N) is 1. The van der Waals surface area contributed by atoms with E-state index in [1.807, 2.05) is 0 Å². The van der Waals surface area contributed by atoms with E-state index in [0.29, 0.717) is 0 Å². The van der Waals surface area contributed by atoms with Crippen LogP contribution in [0, 0.1) is 12.8 Å². The Morgan fingerprint density at radius 1 is 1.36 bits per heavy atom. The Morgan fingerprint density at radius 3 is 2.41 bits per heavy atom. The molecule has 1 amide bonds. The summed E-state index contributed by atoms with van der Waals surface area (Å²) in [5.41, 5.74) is 0.204. The maximum Gasteiger partial charge on any atom is 0.321 e. The van der Waals surface area contributed by atoms with Crippen molar-refractivity contribution in [1.29, 1.82) is 0 Å². The standard InChI is InChI=1S/C12H19N3O5S2/c1-6(2)5-9(10(17)18)15-22(19,20)11-7(3)13-12(21-11)14-8(4)16/h6,9,15H,5H2,1-4H3,(H,17,18)(H,13,14,16). The number of hydrogen-bond acceptors (Lipinski definition) is 6. The summed E-state index contributed by atoms with van der Waals surface area (Å²) in [6, 6.07) is -1.21. The second kappa shape index (κ2) is 7.16. The second-order valence-electron chi connectivity index (χ2n) is 5.21. The Kier molecular flexibility index (Phi) is 6.03. The van der Waals surface area contributed by atoms with Gasteiger partial charge in [-0.3, -0.25) is 9.59 Å². The van der Waals surface area contributed by atoms with E-state index in [1.165, 1.54) is 13.8 Å². The number of sulfonamides is 1. The molecule has 0 bridgehead atoms. The number of hydrogen-bond donors (Lipinski definition) is 3. The molecule has 3 N–H and O–H groups in total. The highest BCUT2D eigenvalue weighted by molar-refractivity contribution is 7.91. The van der Waals surface area contributed by atoms with Crippen LogP contribution < -0.4 is 10.0 Å². The zero-order valence-electron chi connectivity index (χ0n) is 12.7. The van der Waals surface area contributed by atoms with Gasteiger partial charge in [-0.25, -0.2) is 13.4 Å². The predicted octanol–water partition coefficient (Wildman–Crippen LogP) is 1.19. The van der Waals surface area contributed by atoms with Gasteiger partial charge in [0, 0.05) is 6.92 Å². The third-order valence-corrected chi connectivity index (χ3v) is 5.74. The largest absolute Gasteiger partial charge is 0.480 e. The topological polar surface area (TPSA) is 125 Å². The molecular formula is C12H19N3O5S2. The van der Waals surface area contributed by atoms with Gasteiger partial charge in [0.15, 0.2) is 9.34 Å². The number of aromatic nitrogens is 1. The van der Waals surface area contributed by atoms with E-state index in [-0.39, 0.29) is 33.3 Å². The average molecular weight is 349 g/mol. The Bertz CT molecular complexity index is 666. The van der Waals surface area contributed by atoms with E-state index >= 15 is 0 Å². The van der Waals surface area contributed by atoms with E-state index in [9.17, 15) is 18.0 Å². The van der Waals surface area contributed by atoms with Gasteiger partial charge in [-0.15, -0.1) is 0 Å². The number of carboxylic acid groups (broad SMARTS) is 1. The lowest BCUT2D eigenvalue weighted by molar-refractivity contribution is -0.139. The first-order valence-electron chi connectivity index (χ1n) is 6.53. The molecule has 1 aromatic rings. The van der Waals surface area contributed by atoms with Crippen molar-refractivity contribution in [2.45, 2.75) is 44.4 Å². The van der Waals surface area contributed by atoms with Crippen LogP contribution in [0.4, 0.5) is 5.13 Å². The molecule has 1 aromatic heterocycles. The van der Waals surface area contributed by atoms with Crippen LogP contribution >= 0.6 is 11.3 Å². The van der Waals surface area contributed by atoms with Gasteiger partial charge in [-0.2, -0.15) is 4.72 Å². The predicted molar refractivity (Wildman–Crippen MR) is 82.4 cm³/mol. The molecule has 0 saturated carbocycles. The van der Waals surface area contributed by atoms with Crippen LogP contribution in [0.3, 0.4) is 0 Å². The average Bonchev–Trinajstić information content (AvgIpc) is 2.68. The quantitative estimate of drug-likeness (QED) is 0.679. The minimum absolute atomic E-state index is 0.0151. The fraction of sp³-hybridized carbons (Fsp3) is 0.583. The molecule has 1 rings (SSSR count). The van der Waals surface area contributed by atoms with Crippen molar-refractivity contribution in [3.63, 3.8) is 0 Å². The molecule has 0 radical (unpaired) electrons. The van der Waals surface area contributed by atoms with Crippen LogP contribution in [0.15, 0.2) is 4.21 Å². The molecule has 1 atom stereocenters. The van der Waals surface area contributed by atoms with Crippen LogP contribution in [0.2, 0.25) is 0 Å². The van der Waals surface area contributed by atoms with Crippen molar-refractivity contribution in [3.05, 3.63) is 5.69 Å². The minimum atomic E-state index is -4.02. The highest BCUT2D eigenvalue weighted by Gasteiger charge is 2.29. The number of rotatable bonds is 7. The van der Waals surface area contributed by atoms with E-state index in [1.54, 1.807) is 13.8 Å². The highest BCUT2D eigenvalue weighted by atomic mass is 32.2. The first-order chi connectivity index (χ1) is 10.0. The molecule has 10 heteroatoms. The highest BCUT2D eigenvalue weighted by Crippen LogP contribution is 2.27. The molecule has 1 heterocycles. The van der Waals surface area contributed by atoms with E-state index in [0.717, 1.165) is 11.3 Å². The van der Waals surface area contributed by atoms with Crippen molar-refractivity contribution >= 4 is 38.4 Å². The lowest BCUT2D eigenvalue weighted by atomic mass is 10.1. The molecule has 8 nitrogen and oxygen atoms in total. The van der Waals surface area contributed by atoms with Crippen molar-refractivity contribution in [2.75, 3.05) is 5.32 Å². The molecule has 0 saturated heterocycles. The summed E-state index contributed by atoms with van der Waals surface area (Å²) in [7, 11) is -4.02. The first kappa shape index (κ1) is 18.5. The summed E-state index contributed by atoms with van der Waals surface area (Å²) >= 11 is 0.781. The first-order valence-corrected chi connectivity index (χ1v) is 8.83. The Hall–Kier alpha value is -1.52. The van der Waals surface area contributed by atoms with Gasteiger partial charge in [0.1, 0.15) is 6.04 Å². The Balaban J connectivity index is 3.05. The van der Waals surface area contributed by atoms with Crippen LogP contribution in [-0.4, -0.2) is 36.4 Å². The number of aryl methyl sites for hydroxylation is 1. The molecule has 0 aliphatic heterocycles. The summed E-state index contributed by atoms with van der Waals surface area (Å²) in [5, 5.41) is 11.7. The zero-order chi connectivity index (χ0) is 17.1. The van der Waals surface area contributed by atoms with Gasteiger partial charge < -0.3 is 10.4 Å². The van der Waals surface area contributed by atoms with Gasteiger partial charge in [0.05, 0.1) is 5.69 Å². The zero-order valence-corrected chi connectivity index (χ0v) is 14.3. The van der Waals surface area contributed by atoms with Crippen LogP contribution in [0.25, 0.3) is 0 Å². The molecule has 124 valence electrons. The molecule has 0 spiro atoms. The third kappa shape index (κ3) is 5.04. The molecule has 0 aliphatic rings.